The monoisotopic (exact) mass is 452 g/mol. The van der Waals surface area contributed by atoms with Crippen LogP contribution in [0.4, 0.5) is 5.82 Å². The van der Waals surface area contributed by atoms with Crippen LogP contribution in [-0.4, -0.2) is 48.7 Å². The Bertz CT molecular complexity index is 1260. The Morgan fingerprint density at radius 1 is 0.844 bits per heavy atom. The number of para-hydroxylation sites is 1. The van der Waals surface area contributed by atoms with Crippen LogP contribution in [0, 0.1) is 20.8 Å². The lowest BCUT2D eigenvalue weighted by atomic mass is 10.1. The van der Waals surface area contributed by atoms with Gasteiger partial charge in [0, 0.05) is 32.2 Å². The lowest BCUT2D eigenvalue weighted by molar-refractivity contribution is 0.432. The lowest BCUT2D eigenvalue weighted by Crippen LogP contribution is -2.36. The number of hydrogen-bond donors (Lipinski definition) is 0. The smallest absolute Gasteiger partial charge is 0.271 e. The van der Waals surface area contributed by atoms with E-state index in [0.29, 0.717) is 49.0 Å². The minimum absolute atomic E-state index is 0.204. The number of rotatable bonds is 4. The first-order valence-corrected chi connectivity index (χ1v) is 12.2. The zero-order valence-corrected chi connectivity index (χ0v) is 19.5. The van der Waals surface area contributed by atoms with E-state index < -0.39 is 10.0 Å². The van der Waals surface area contributed by atoms with Crippen LogP contribution in [0.25, 0.3) is 5.69 Å². The summed E-state index contributed by atoms with van der Waals surface area (Å²) in [6, 6.07) is 16.3. The Kier molecular flexibility index (Phi) is 6.17. The summed E-state index contributed by atoms with van der Waals surface area (Å²) >= 11 is 0. The van der Waals surface area contributed by atoms with E-state index >= 15 is 0 Å². The lowest BCUT2D eigenvalue weighted by Gasteiger charge is -2.24. The van der Waals surface area contributed by atoms with Crippen molar-refractivity contribution in [3.8, 4) is 5.69 Å². The molecule has 7 nitrogen and oxygen atoms in total. The molecule has 0 N–H and O–H groups in total. The first kappa shape index (κ1) is 22.2. The third kappa shape index (κ3) is 4.33. The van der Waals surface area contributed by atoms with Gasteiger partial charge in [-0.05, 0) is 56.5 Å². The molecule has 2 heterocycles. The molecule has 0 spiro atoms. The van der Waals surface area contributed by atoms with E-state index in [-0.39, 0.29) is 5.56 Å². The van der Waals surface area contributed by atoms with Crippen LogP contribution in [-0.2, 0) is 10.0 Å². The van der Waals surface area contributed by atoms with Crippen LogP contribution in [0.5, 0.6) is 0 Å². The number of aryl methyl sites for hydroxylation is 3. The maximum absolute atomic E-state index is 13.5. The molecule has 3 aromatic rings. The molecule has 0 radical (unpaired) electrons. The van der Waals surface area contributed by atoms with Crippen LogP contribution in [0.2, 0.25) is 0 Å². The van der Waals surface area contributed by atoms with Crippen molar-refractivity contribution >= 4 is 15.8 Å². The van der Waals surface area contributed by atoms with Gasteiger partial charge >= 0.3 is 0 Å². The zero-order valence-electron chi connectivity index (χ0n) is 18.7. The Morgan fingerprint density at radius 2 is 1.53 bits per heavy atom. The van der Waals surface area contributed by atoms with Gasteiger partial charge < -0.3 is 4.90 Å². The largest absolute Gasteiger partial charge is 0.354 e. The van der Waals surface area contributed by atoms with Crippen molar-refractivity contribution in [2.24, 2.45) is 0 Å². The molecule has 32 heavy (non-hydrogen) atoms. The third-order valence-corrected chi connectivity index (χ3v) is 7.97. The Hall–Kier alpha value is -2.97. The van der Waals surface area contributed by atoms with Gasteiger partial charge in [0.1, 0.15) is 5.82 Å². The molecule has 1 aliphatic heterocycles. The molecule has 2 aromatic carbocycles. The molecule has 0 aliphatic carbocycles. The van der Waals surface area contributed by atoms with Crippen molar-refractivity contribution in [1.29, 1.82) is 0 Å². The molecule has 4 rings (SSSR count). The topological polar surface area (TPSA) is 75.5 Å². The van der Waals surface area contributed by atoms with E-state index in [1.807, 2.05) is 68.1 Å². The van der Waals surface area contributed by atoms with Crippen molar-refractivity contribution in [3.05, 3.63) is 81.6 Å². The predicted molar refractivity (Wildman–Crippen MR) is 126 cm³/mol. The van der Waals surface area contributed by atoms with Crippen molar-refractivity contribution in [1.82, 2.24) is 14.1 Å². The summed E-state index contributed by atoms with van der Waals surface area (Å²) < 4.78 is 29.9. The van der Waals surface area contributed by atoms with Gasteiger partial charge in [0.25, 0.3) is 5.56 Å². The highest BCUT2D eigenvalue weighted by atomic mass is 32.2. The summed E-state index contributed by atoms with van der Waals surface area (Å²) in [6.07, 6.45) is 0.676. The number of benzene rings is 2. The molecule has 0 bridgehead atoms. The minimum atomic E-state index is -3.60. The van der Waals surface area contributed by atoms with Crippen molar-refractivity contribution in [2.75, 3.05) is 31.1 Å². The summed E-state index contributed by atoms with van der Waals surface area (Å²) in [5.74, 6) is 0.662. The molecule has 8 heteroatoms. The van der Waals surface area contributed by atoms with Gasteiger partial charge in [-0.1, -0.05) is 35.9 Å². The summed E-state index contributed by atoms with van der Waals surface area (Å²) in [6.45, 7) is 7.66. The Labute approximate surface area is 189 Å². The van der Waals surface area contributed by atoms with Crippen LogP contribution < -0.4 is 10.5 Å². The molecular formula is C24H28N4O3S. The summed E-state index contributed by atoms with van der Waals surface area (Å²) in [5.41, 5.74) is 3.11. The van der Waals surface area contributed by atoms with E-state index in [9.17, 15) is 13.2 Å². The quantitative estimate of drug-likeness (QED) is 0.608. The second kappa shape index (κ2) is 8.88. The average Bonchev–Trinajstić information content (AvgIpc) is 3.01. The zero-order chi connectivity index (χ0) is 22.9. The molecule has 0 amide bonds. The number of aromatic nitrogens is 2. The maximum atomic E-state index is 13.5. The first-order valence-electron chi connectivity index (χ1n) is 10.8. The summed E-state index contributed by atoms with van der Waals surface area (Å²) in [5, 5.41) is 4.55. The molecule has 0 atom stereocenters. The van der Waals surface area contributed by atoms with Gasteiger partial charge in [0.2, 0.25) is 10.0 Å². The summed E-state index contributed by atoms with van der Waals surface area (Å²) in [4.78, 5) is 14.8. The number of sulfonamides is 1. The molecule has 0 unspecified atom stereocenters. The van der Waals surface area contributed by atoms with Gasteiger partial charge in [0.15, 0.2) is 0 Å². The van der Waals surface area contributed by atoms with E-state index in [2.05, 4.69) is 5.10 Å². The van der Waals surface area contributed by atoms with Gasteiger partial charge in [-0.3, -0.25) is 4.79 Å². The van der Waals surface area contributed by atoms with Gasteiger partial charge in [-0.2, -0.15) is 8.99 Å². The predicted octanol–water partition coefficient (Wildman–Crippen LogP) is 3.06. The molecule has 1 saturated heterocycles. The molecule has 1 fully saturated rings. The Morgan fingerprint density at radius 3 is 2.22 bits per heavy atom. The fraction of sp³-hybridized carbons (Fsp3) is 0.333. The van der Waals surface area contributed by atoms with E-state index in [0.717, 1.165) is 16.7 Å². The molecule has 168 valence electrons. The minimum Gasteiger partial charge on any atom is -0.354 e. The SMILES string of the molecule is Cc1cc(C)c(S(=O)(=O)N2CCCN(c3ccc(=O)n(-c4ccccc4)n3)CC2)c(C)c1. The van der Waals surface area contributed by atoms with Crippen molar-refractivity contribution < 1.29 is 8.42 Å². The number of anilines is 1. The van der Waals surface area contributed by atoms with E-state index in [1.165, 1.54) is 10.7 Å². The third-order valence-electron chi connectivity index (χ3n) is 5.77. The van der Waals surface area contributed by atoms with Gasteiger partial charge in [0.05, 0.1) is 10.6 Å². The van der Waals surface area contributed by atoms with Crippen molar-refractivity contribution in [3.63, 3.8) is 0 Å². The highest BCUT2D eigenvalue weighted by Gasteiger charge is 2.30. The average molecular weight is 453 g/mol. The second-order valence-corrected chi connectivity index (χ2v) is 10.1. The van der Waals surface area contributed by atoms with Crippen LogP contribution in [0.1, 0.15) is 23.1 Å². The standard InChI is InChI=1S/C24H28N4O3S/c1-18-16-19(2)24(20(3)17-18)32(30,31)27-13-7-12-26(14-15-27)22-10-11-23(29)28(25-22)21-8-5-4-6-9-21/h4-6,8-11,16-17H,7,12-15H2,1-3H3. The fourth-order valence-corrected chi connectivity index (χ4v) is 6.27. The maximum Gasteiger partial charge on any atom is 0.271 e. The number of nitrogens with zero attached hydrogens (tertiary/aromatic N) is 4. The second-order valence-electron chi connectivity index (χ2n) is 8.25. The number of hydrogen-bond acceptors (Lipinski definition) is 5. The van der Waals surface area contributed by atoms with Gasteiger partial charge in [-0.25, -0.2) is 8.42 Å². The van der Waals surface area contributed by atoms with E-state index in [1.54, 1.807) is 10.4 Å². The van der Waals surface area contributed by atoms with Crippen molar-refractivity contribution in [2.45, 2.75) is 32.1 Å². The summed E-state index contributed by atoms with van der Waals surface area (Å²) in [7, 11) is -3.60. The highest BCUT2D eigenvalue weighted by Crippen LogP contribution is 2.26. The molecule has 1 aliphatic rings. The first-order chi connectivity index (χ1) is 15.3. The molecule has 1 aromatic heterocycles. The fourth-order valence-electron chi connectivity index (χ4n) is 4.39. The van der Waals surface area contributed by atoms with Crippen LogP contribution in [0.15, 0.2) is 64.3 Å². The van der Waals surface area contributed by atoms with Gasteiger partial charge in [-0.15, -0.1) is 5.10 Å². The molecule has 0 saturated carbocycles. The normalized spacial score (nSPS) is 15.5. The Balaban J connectivity index is 1.59. The van der Waals surface area contributed by atoms with E-state index in [4.69, 9.17) is 0 Å². The highest BCUT2D eigenvalue weighted by molar-refractivity contribution is 7.89. The van der Waals surface area contributed by atoms with Crippen LogP contribution in [0.3, 0.4) is 0 Å². The molecular weight excluding hydrogens is 424 g/mol. The van der Waals surface area contributed by atoms with Crippen LogP contribution >= 0.6 is 0 Å².